The second kappa shape index (κ2) is 13.6. The molecule has 0 bridgehead atoms. The minimum atomic E-state index is 0. The first-order valence-electron chi connectivity index (χ1n) is 8.92. The topological polar surface area (TPSA) is 30.5 Å². The maximum atomic E-state index is 5.78. The van der Waals surface area contributed by atoms with Crippen LogP contribution in [-0.2, 0) is 6.61 Å². The van der Waals surface area contributed by atoms with Gasteiger partial charge in [-0.3, -0.25) is 0 Å². The first kappa shape index (κ1) is 21.3. The molecule has 0 unspecified atom stereocenters. The summed E-state index contributed by atoms with van der Waals surface area (Å²) in [6, 6.07) is 18.1. The van der Waals surface area contributed by atoms with Gasteiger partial charge in [-0.15, -0.1) is 12.4 Å². The highest BCUT2D eigenvalue weighted by atomic mass is 35.5. The lowest BCUT2D eigenvalue weighted by Gasteiger charge is -2.09. The van der Waals surface area contributed by atoms with E-state index >= 15 is 0 Å². The van der Waals surface area contributed by atoms with Gasteiger partial charge in [0.2, 0.25) is 0 Å². The van der Waals surface area contributed by atoms with Crippen molar-refractivity contribution in [1.29, 1.82) is 0 Å². The molecule has 0 amide bonds. The number of benzene rings is 2. The fourth-order valence-corrected chi connectivity index (χ4v) is 2.50. The molecule has 0 spiro atoms. The lowest BCUT2D eigenvalue weighted by atomic mass is 10.1. The number of unbranched alkanes of at least 4 members (excludes halogenated alkanes) is 4. The van der Waals surface area contributed by atoms with Crippen LogP contribution in [0.3, 0.4) is 0 Å². The van der Waals surface area contributed by atoms with Gasteiger partial charge in [-0.1, -0.05) is 49.6 Å². The zero-order valence-corrected chi connectivity index (χ0v) is 15.9. The van der Waals surface area contributed by atoms with Gasteiger partial charge in [0.1, 0.15) is 18.1 Å². The molecule has 2 aromatic rings. The summed E-state index contributed by atoms with van der Waals surface area (Å²) < 4.78 is 11.6. The molecule has 0 heterocycles. The summed E-state index contributed by atoms with van der Waals surface area (Å²) in [4.78, 5) is 0. The third kappa shape index (κ3) is 9.37. The Morgan fingerprint density at radius 3 is 2.00 bits per heavy atom. The van der Waals surface area contributed by atoms with E-state index in [4.69, 9.17) is 9.47 Å². The molecule has 3 nitrogen and oxygen atoms in total. The van der Waals surface area contributed by atoms with Crippen molar-refractivity contribution in [2.24, 2.45) is 0 Å². The molecule has 0 saturated carbocycles. The van der Waals surface area contributed by atoms with Gasteiger partial charge in [0.25, 0.3) is 0 Å². The molecule has 1 N–H and O–H groups in total. The van der Waals surface area contributed by atoms with Gasteiger partial charge in [-0.25, -0.2) is 0 Å². The number of halogens is 1. The van der Waals surface area contributed by atoms with Crippen molar-refractivity contribution in [3.05, 3.63) is 60.2 Å². The van der Waals surface area contributed by atoms with Gasteiger partial charge in [0.05, 0.1) is 6.61 Å². The average Bonchev–Trinajstić information content (AvgIpc) is 2.64. The van der Waals surface area contributed by atoms with E-state index in [1.165, 1.54) is 31.2 Å². The Morgan fingerprint density at radius 2 is 1.32 bits per heavy atom. The van der Waals surface area contributed by atoms with Crippen LogP contribution in [0.1, 0.15) is 37.7 Å². The Labute approximate surface area is 158 Å². The molecule has 2 aromatic carbocycles. The third-order valence-electron chi connectivity index (χ3n) is 3.91. The molecule has 0 aliphatic heterocycles. The smallest absolute Gasteiger partial charge is 0.120 e. The lowest BCUT2D eigenvalue weighted by molar-refractivity contribution is 0.297. The summed E-state index contributed by atoms with van der Waals surface area (Å²) in [5, 5.41) is 3.18. The van der Waals surface area contributed by atoms with Gasteiger partial charge < -0.3 is 14.8 Å². The van der Waals surface area contributed by atoms with Crippen LogP contribution in [0.4, 0.5) is 0 Å². The Bertz CT molecular complexity index is 546. The molecular weight excluding hydrogens is 334 g/mol. The Morgan fingerprint density at radius 1 is 0.720 bits per heavy atom. The Hall–Kier alpha value is -1.71. The van der Waals surface area contributed by atoms with Crippen LogP contribution in [0.15, 0.2) is 54.6 Å². The average molecular weight is 364 g/mol. The molecule has 25 heavy (non-hydrogen) atoms. The number of hydrogen-bond acceptors (Lipinski definition) is 3. The molecule has 0 aromatic heterocycles. The largest absolute Gasteiger partial charge is 0.494 e. The van der Waals surface area contributed by atoms with Crippen LogP contribution in [0.25, 0.3) is 0 Å². The SMILES string of the molecule is CNCCCCCCCOc1ccc(OCc2ccccc2)cc1.Cl. The van der Waals surface area contributed by atoms with Crippen LogP contribution in [0, 0.1) is 0 Å². The standard InChI is InChI=1S/C21H29NO2.ClH/c1-22-16-8-3-2-4-9-17-23-20-12-14-21(15-13-20)24-18-19-10-6-5-7-11-19;/h5-7,10-15,22H,2-4,8-9,16-18H2,1H3;1H. The van der Waals surface area contributed by atoms with Gasteiger partial charge >= 0.3 is 0 Å². The molecule has 2 rings (SSSR count). The number of nitrogens with one attached hydrogen (secondary N) is 1. The quantitative estimate of drug-likeness (QED) is 0.523. The second-order valence-electron chi connectivity index (χ2n) is 5.97. The summed E-state index contributed by atoms with van der Waals surface area (Å²) in [6.45, 7) is 2.50. The lowest BCUT2D eigenvalue weighted by Crippen LogP contribution is -2.07. The fraction of sp³-hybridized carbons (Fsp3) is 0.429. The van der Waals surface area contributed by atoms with Crippen LogP contribution >= 0.6 is 12.4 Å². The van der Waals surface area contributed by atoms with E-state index in [0.29, 0.717) is 6.61 Å². The molecule has 0 aliphatic rings. The molecular formula is C21H30ClNO2. The van der Waals surface area contributed by atoms with E-state index in [0.717, 1.165) is 31.1 Å². The van der Waals surface area contributed by atoms with Crippen molar-refractivity contribution in [3.63, 3.8) is 0 Å². The van der Waals surface area contributed by atoms with Gasteiger partial charge in [0, 0.05) is 0 Å². The predicted molar refractivity (Wildman–Crippen MR) is 107 cm³/mol. The second-order valence-corrected chi connectivity index (χ2v) is 5.97. The minimum Gasteiger partial charge on any atom is -0.494 e. The van der Waals surface area contributed by atoms with Crippen LogP contribution in [0.2, 0.25) is 0 Å². The normalized spacial score (nSPS) is 10.1. The van der Waals surface area contributed by atoms with Gasteiger partial charge in [0.15, 0.2) is 0 Å². The zero-order chi connectivity index (χ0) is 16.9. The molecule has 4 heteroatoms. The fourth-order valence-electron chi connectivity index (χ4n) is 2.50. The van der Waals surface area contributed by atoms with Crippen molar-refractivity contribution in [2.75, 3.05) is 20.2 Å². The first-order chi connectivity index (χ1) is 11.9. The van der Waals surface area contributed by atoms with Crippen LogP contribution in [-0.4, -0.2) is 20.2 Å². The van der Waals surface area contributed by atoms with Crippen LogP contribution < -0.4 is 14.8 Å². The number of ether oxygens (including phenoxy) is 2. The highest BCUT2D eigenvalue weighted by Crippen LogP contribution is 2.19. The van der Waals surface area contributed by atoms with E-state index < -0.39 is 0 Å². The van der Waals surface area contributed by atoms with Crippen LogP contribution in [0.5, 0.6) is 11.5 Å². The van der Waals surface area contributed by atoms with E-state index in [-0.39, 0.29) is 12.4 Å². The first-order valence-corrected chi connectivity index (χ1v) is 8.92. The van der Waals surface area contributed by atoms with Gasteiger partial charge in [-0.05, 0) is 56.3 Å². The van der Waals surface area contributed by atoms with Crippen molar-refractivity contribution in [1.82, 2.24) is 5.32 Å². The van der Waals surface area contributed by atoms with E-state index in [9.17, 15) is 0 Å². The molecule has 0 atom stereocenters. The summed E-state index contributed by atoms with van der Waals surface area (Å²) >= 11 is 0. The van der Waals surface area contributed by atoms with Crippen molar-refractivity contribution in [3.8, 4) is 11.5 Å². The van der Waals surface area contributed by atoms with Crippen molar-refractivity contribution in [2.45, 2.75) is 38.7 Å². The monoisotopic (exact) mass is 363 g/mol. The summed E-state index contributed by atoms with van der Waals surface area (Å²) in [7, 11) is 2.01. The highest BCUT2D eigenvalue weighted by molar-refractivity contribution is 5.85. The maximum Gasteiger partial charge on any atom is 0.120 e. The summed E-state index contributed by atoms with van der Waals surface area (Å²) in [5.74, 6) is 1.79. The molecule has 0 aliphatic carbocycles. The van der Waals surface area contributed by atoms with Gasteiger partial charge in [-0.2, -0.15) is 0 Å². The molecule has 0 saturated heterocycles. The van der Waals surface area contributed by atoms with E-state index in [2.05, 4.69) is 17.4 Å². The Balaban J connectivity index is 0.00000312. The van der Waals surface area contributed by atoms with Crippen molar-refractivity contribution < 1.29 is 9.47 Å². The maximum absolute atomic E-state index is 5.78. The highest BCUT2D eigenvalue weighted by Gasteiger charge is 1.98. The van der Waals surface area contributed by atoms with E-state index in [1.807, 2.05) is 49.5 Å². The molecule has 138 valence electrons. The zero-order valence-electron chi connectivity index (χ0n) is 15.1. The molecule has 0 radical (unpaired) electrons. The van der Waals surface area contributed by atoms with E-state index in [1.54, 1.807) is 0 Å². The number of hydrogen-bond donors (Lipinski definition) is 1. The van der Waals surface area contributed by atoms with Crippen molar-refractivity contribution >= 4 is 12.4 Å². The third-order valence-corrected chi connectivity index (χ3v) is 3.91. The minimum absolute atomic E-state index is 0. The predicted octanol–water partition coefficient (Wildman–Crippen LogP) is 5.24. The number of rotatable bonds is 12. The summed E-state index contributed by atoms with van der Waals surface area (Å²) in [5.41, 5.74) is 1.17. The summed E-state index contributed by atoms with van der Waals surface area (Å²) in [6.07, 6.45) is 6.21. The Kier molecular flexibility index (Phi) is 11.6. The molecule has 0 fully saturated rings.